The summed E-state index contributed by atoms with van der Waals surface area (Å²) >= 11 is 0. The predicted octanol–water partition coefficient (Wildman–Crippen LogP) is 6.46. The third-order valence-corrected chi connectivity index (χ3v) is 7.30. The fourth-order valence-electron chi connectivity index (χ4n) is 4.12. The molecule has 12 heteroatoms. The molecule has 3 heterocycles. The van der Waals surface area contributed by atoms with E-state index in [0.717, 1.165) is 6.07 Å². The fraction of sp³-hybridized carbons (Fsp3) is 0.409. The van der Waals surface area contributed by atoms with Gasteiger partial charge in [-0.1, -0.05) is 31.6 Å². The molecule has 186 valence electrons. The lowest BCUT2D eigenvalue weighted by Crippen LogP contribution is -2.42. The van der Waals surface area contributed by atoms with E-state index in [-0.39, 0.29) is 16.9 Å². The van der Waals surface area contributed by atoms with Crippen LogP contribution in [0.25, 0.3) is 10.9 Å². The van der Waals surface area contributed by atoms with E-state index in [2.05, 4.69) is 15.3 Å². The number of fused-ring (bicyclic) bond motifs is 1. The Balaban J connectivity index is 1.76. The predicted molar refractivity (Wildman–Crippen MR) is 122 cm³/mol. The minimum Gasteiger partial charge on any atom is -0.381 e. The summed E-state index contributed by atoms with van der Waals surface area (Å²) < 4.78 is 73.5. The van der Waals surface area contributed by atoms with Crippen LogP contribution in [0.3, 0.4) is 0 Å². The van der Waals surface area contributed by atoms with E-state index in [1.165, 1.54) is 12.1 Å². The molecule has 1 atom stereocenters. The van der Waals surface area contributed by atoms with Crippen molar-refractivity contribution in [2.45, 2.75) is 50.1 Å². The van der Waals surface area contributed by atoms with Crippen LogP contribution in [0, 0.1) is 6.92 Å². The molecule has 1 aliphatic heterocycles. The number of nitrogens with one attached hydrogen (secondary N) is 1. The second kappa shape index (κ2) is 7.38. The fourth-order valence-corrected chi connectivity index (χ4v) is 4.81. The van der Waals surface area contributed by atoms with Gasteiger partial charge in [0.25, 0.3) is 5.56 Å². The Morgan fingerprint density at radius 3 is 2.44 bits per heavy atom. The van der Waals surface area contributed by atoms with Crippen molar-refractivity contribution in [2.24, 2.45) is 0 Å². The monoisotopic (exact) mass is 504 g/mol. The zero-order chi connectivity index (χ0) is 25.0. The van der Waals surface area contributed by atoms with Gasteiger partial charge in [-0.15, -0.1) is 0 Å². The summed E-state index contributed by atoms with van der Waals surface area (Å²) in [5.41, 5.74) is -0.329. The molecule has 0 unspecified atom stereocenters. The van der Waals surface area contributed by atoms with E-state index in [1.807, 2.05) is 6.92 Å². The van der Waals surface area contributed by atoms with Crippen LogP contribution in [-0.2, 0) is 10.3 Å². The van der Waals surface area contributed by atoms with Crippen molar-refractivity contribution in [2.75, 3.05) is 18.5 Å². The first kappa shape index (κ1) is 24.4. The number of aryl methyl sites for hydroxylation is 1. The van der Waals surface area contributed by atoms with E-state index < -0.39 is 26.7 Å². The van der Waals surface area contributed by atoms with Crippen LogP contribution in [0.1, 0.15) is 44.1 Å². The van der Waals surface area contributed by atoms with E-state index in [4.69, 9.17) is 4.74 Å². The summed E-state index contributed by atoms with van der Waals surface area (Å²) in [6, 6.07) is 3.71. The lowest BCUT2D eigenvalue weighted by atomic mass is 9.92. The second-order valence-corrected chi connectivity index (χ2v) is 11.3. The Morgan fingerprint density at radius 2 is 1.79 bits per heavy atom. The van der Waals surface area contributed by atoms with Crippen LogP contribution in [0.2, 0.25) is 0 Å². The third kappa shape index (κ3) is 4.88. The number of pyridine rings is 1. The average molecular weight is 505 g/mol. The minimum absolute atomic E-state index is 0.0138. The number of halogens is 5. The van der Waals surface area contributed by atoms with Gasteiger partial charge in [-0.25, -0.2) is 9.97 Å². The van der Waals surface area contributed by atoms with E-state index in [9.17, 15) is 24.2 Å². The Hall–Kier alpha value is -2.73. The van der Waals surface area contributed by atoms with Crippen LogP contribution in [0.15, 0.2) is 46.2 Å². The number of rotatable bonds is 5. The highest BCUT2D eigenvalue weighted by Crippen LogP contribution is 3.02. The van der Waals surface area contributed by atoms with Crippen LogP contribution < -0.4 is 10.9 Å². The van der Waals surface area contributed by atoms with Crippen molar-refractivity contribution >= 4 is 26.9 Å². The Morgan fingerprint density at radius 1 is 1.12 bits per heavy atom. The molecular weight excluding hydrogens is 479 g/mol. The number of aromatic nitrogens is 3. The number of hydrogen-bond donors (Lipinski definition) is 1. The van der Waals surface area contributed by atoms with E-state index in [1.54, 1.807) is 24.6 Å². The number of nitrogens with zero attached hydrogens (tertiary/aromatic N) is 3. The molecular formula is C22H25F5N4O2S. The van der Waals surface area contributed by atoms with Gasteiger partial charge in [0.05, 0.1) is 16.9 Å². The largest absolute Gasteiger partial charge is 0.381 e. The normalized spacial score (nSPS) is 19.3. The van der Waals surface area contributed by atoms with Gasteiger partial charge in [0.15, 0.2) is 0 Å². The van der Waals surface area contributed by atoms with Crippen LogP contribution in [-0.4, -0.2) is 27.7 Å². The third-order valence-electron chi connectivity index (χ3n) is 6.15. The second-order valence-electron chi connectivity index (χ2n) is 8.92. The van der Waals surface area contributed by atoms with Crippen molar-refractivity contribution in [3.05, 3.63) is 58.3 Å². The van der Waals surface area contributed by atoms with Crippen LogP contribution >= 0.6 is 10.2 Å². The summed E-state index contributed by atoms with van der Waals surface area (Å²) in [7, 11) is -9.82. The molecule has 0 amide bonds. The summed E-state index contributed by atoms with van der Waals surface area (Å²) in [6.07, 6.45) is 2.90. The molecule has 2 aromatic heterocycles. The Bertz CT molecular complexity index is 1320. The molecule has 0 saturated carbocycles. The Kier molecular flexibility index (Phi) is 5.30. The first-order chi connectivity index (χ1) is 15.6. The maximum atomic E-state index is 13.3. The molecule has 3 aromatic rings. The van der Waals surface area contributed by atoms with Crippen LogP contribution in [0.4, 0.5) is 25.2 Å². The number of anilines is 1. The Labute approximate surface area is 192 Å². The maximum absolute atomic E-state index is 13.3. The minimum atomic E-state index is -9.82. The molecule has 1 N–H and O–H groups in total. The number of ether oxygens (including phenoxy) is 1. The standard InChI is InChI=1S/C22H25F5N4O2S/c1-14(16-5-4-6-17(11-16)34(23,24,25,26)27)28-21-18-13-31(22(3)7-9-33-10-8-22)20(32)12-19(18)29-15(2)30-21/h4-6,11-14H,7-10H2,1-3H3,(H,28,29,30)/t14-/m1/s1. The van der Waals surface area contributed by atoms with Crippen molar-refractivity contribution in [1.82, 2.24) is 14.5 Å². The molecule has 1 saturated heterocycles. The van der Waals surface area contributed by atoms with Crippen molar-refractivity contribution in [3.63, 3.8) is 0 Å². The van der Waals surface area contributed by atoms with Gasteiger partial charge in [0.1, 0.15) is 16.5 Å². The van der Waals surface area contributed by atoms with Gasteiger partial charge >= 0.3 is 10.2 Å². The zero-order valence-electron chi connectivity index (χ0n) is 18.8. The van der Waals surface area contributed by atoms with Crippen molar-refractivity contribution < 1.29 is 24.2 Å². The lowest BCUT2D eigenvalue weighted by Gasteiger charge is -2.40. The van der Waals surface area contributed by atoms with Gasteiger partial charge in [0.2, 0.25) is 0 Å². The maximum Gasteiger partial charge on any atom is 0.310 e. The first-order valence-corrected chi connectivity index (χ1v) is 12.6. The quantitative estimate of drug-likeness (QED) is 0.404. The highest BCUT2D eigenvalue weighted by atomic mass is 32.5. The van der Waals surface area contributed by atoms with Gasteiger partial charge in [-0.3, -0.25) is 4.79 Å². The molecule has 34 heavy (non-hydrogen) atoms. The highest BCUT2D eigenvalue weighted by Gasteiger charge is 2.65. The van der Waals surface area contributed by atoms with Crippen LogP contribution in [0.5, 0.6) is 0 Å². The molecule has 4 rings (SSSR count). The molecule has 0 aliphatic carbocycles. The SMILES string of the molecule is Cc1nc(N[C@H](C)c2cccc(S(F)(F)(F)(F)F)c2)c2cn(C3(C)CCOCC3)c(=O)cc2n1. The van der Waals surface area contributed by atoms with Gasteiger partial charge in [-0.05, 0) is 51.3 Å². The highest BCUT2D eigenvalue weighted by molar-refractivity contribution is 8.45. The van der Waals surface area contributed by atoms with Crippen molar-refractivity contribution in [3.8, 4) is 0 Å². The van der Waals surface area contributed by atoms with Crippen molar-refractivity contribution in [1.29, 1.82) is 0 Å². The summed E-state index contributed by atoms with van der Waals surface area (Å²) in [5.74, 6) is 0.634. The van der Waals surface area contributed by atoms with Gasteiger partial charge in [0, 0.05) is 31.0 Å². The van der Waals surface area contributed by atoms with Gasteiger partial charge < -0.3 is 14.6 Å². The summed E-state index contributed by atoms with van der Waals surface area (Å²) in [6.45, 7) is 6.14. The van der Waals surface area contributed by atoms with E-state index in [0.29, 0.717) is 54.9 Å². The molecule has 6 nitrogen and oxygen atoms in total. The molecule has 0 radical (unpaired) electrons. The summed E-state index contributed by atoms with van der Waals surface area (Å²) in [5, 5.41) is 3.51. The average Bonchev–Trinajstić information content (AvgIpc) is 2.72. The smallest absolute Gasteiger partial charge is 0.310 e. The summed E-state index contributed by atoms with van der Waals surface area (Å²) in [4.78, 5) is 19.6. The zero-order valence-corrected chi connectivity index (χ0v) is 19.6. The molecule has 0 spiro atoms. The molecule has 1 aliphatic rings. The molecule has 0 bridgehead atoms. The lowest BCUT2D eigenvalue weighted by molar-refractivity contribution is 0.0281. The molecule has 1 fully saturated rings. The van der Waals surface area contributed by atoms with E-state index >= 15 is 0 Å². The van der Waals surface area contributed by atoms with Gasteiger partial charge in [-0.2, -0.15) is 0 Å². The number of hydrogen-bond acceptors (Lipinski definition) is 5. The first-order valence-electron chi connectivity index (χ1n) is 10.7. The topological polar surface area (TPSA) is 69.0 Å². The molecule has 1 aromatic carbocycles. The number of benzene rings is 1.